The molecule has 0 bridgehead atoms. The van der Waals surface area contributed by atoms with E-state index in [-0.39, 0.29) is 0 Å². The molecule has 1 N–H and O–H groups in total. The Morgan fingerprint density at radius 2 is 2.43 bits per heavy atom. The minimum atomic E-state index is 0.519. The first-order valence-corrected chi connectivity index (χ1v) is 5.66. The Kier molecular flexibility index (Phi) is 3.03. The molecule has 1 aliphatic rings. The number of aromatic nitrogens is 1. The molecule has 14 heavy (non-hydrogen) atoms. The number of rotatable bonds is 1. The van der Waals surface area contributed by atoms with Crippen LogP contribution in [0.2, 0.25) is 0 Å². The highest BCUT2D eigenvalue weighted by atomic mass is 79.9. The fourth-order valence-corrected chi connectivity index (χ4v) is 2.07. The van der Waals surface area contributed by atoms with Crippen LogP contribution in [0.25, 0.3) is 0 Å². The Hall–Kier alpha value is -0.610. The first-order valence-electron chi connectivity index (χ1n) is 4.87. The van der Waals surface area contributed by atoms with Gasteiger partial charge in [-0.3, -0.25) is 0 Å². The molecule has 1 saturated heterocycles. The van der Waals surface area contributed by atoms with Gasteiger partial charge in [0.2, 0.25) is 0 Å². The topological polar surface area (TPSA) is 28.2 Å². The summed E-state index contributed by atoms with van der Waals surface area (Å²) in [6.45, 7) is 5.33. The van der Waals surface area contributed by atoms with Crippen LogP contribution >= 0.6 is 15.9 Å². The molecule has 76 valence electrons. The third-order valence-corrected chi connectivity index (χ3v) is 2.94. The van der Waals surface area contributed by atoms with E-state index in [0.717, 1.165) is 30.1 Å². The number of nitrogens with one attached hydrogen (secondary N) is 1. The van der Waals surface area contributed by atoms with Gasteiger partial charge in [0.05, 0.1) is 0 Å². The van der Waals surface area contributed by atoms with Gasteiger partial charge in [0, 0.05) is 25.7 Å². The minimum absolute atomic E-state index is 0.519. The van der Waals surface area contributed by atoms with Gasteiger partial charge >= 0.3 is 0 Å². The molecule has 2 rings (SSSR count). The van der Waals surface area contributed by atoms with Crippen LogP contribution in [-0.4, -0.2) is 30.7 Å². The molecule has 0 aliphatic carbocycles. The number of nitrogens with zero attached hydrogens (tertiary/aromatic N) is 2. The molecule has 0 spiro atoms. The number of pyridine rings is 1. The van der Waals surface area contributed by atoms with E-state index in [2.05, 4.69) is 44.1 Å². The molecule has 0 amide bonds. The molecule has 1 aromatic rings. The van der Waals surface area contributed by atoms with Crippen LogP contribution < -0.4 is 10.2 Å². The van der Waals surface area contributed by atoms with E-state index >= 15 is 0 Å². The fourth-order valence-electron chi connectivity index (χ4n) is 1.74. The standard InChI is InChI=1S/C10H14BrN3/c1-8-7-12-5-6-14(8)10-4-2-3-9(11)13-10/h2-4,8,12H,5-7H2,1H3/t8-/m1/s1. The van der Waals surface area contributed by atoms with Crippen LogP contribution in [0.3, 0.4) is 0 Å². The summed E-state index contributed by atoms with van der Waals surface area (Å²) in [6.07, 6.45) is 0. The lowest BCUT2D eigenvalue weighted by Gasteiger charge is -2.34. The molecular formula is C10H14BrN3. The zero-order chi connectivity index (χ0) is 9.97. The smallest absolute Gasteiger partial charge is 0.130 e. The quantitative estimate of drug-likeness (QED) is 0.774. The van der Waals surface area contributed by atoms with Gasteiger partial charge in [-0.25, -0.2) is 4.98 Å². The van der Waals surface area contributed by atoms with Crippen molar-refractivity contribution in [2.45, 2.75) is 13.0 Å². The number of piperazine rings is 1. The maximum atomic E-state index is 4.46. The van der Waals surface area contributed by atoms with E-state index in [1.165, 1.54) is 0 Å². The molecule has 0 unspecified atom stereocenters. The highest BCUT2D eigenvalue weighted by molar-refractivity contribution is 9.10. The third kappa shape index (κ3) is 2.07. The number of anilines is 1. The largest absolute Gasteiger partial charge is 0.351 e. The SMILES string of the molecule is C[C@@H]1CNCCN1c1cccc(Br)n1. The molecule has 2 heterocycles. The van der Waals surface area contributed by atoms with Crippen LogP contribution in [0.5, 0.6) is 0 Å². The summed E-state index contributed by atoms with van der Waals surface area (Å²) in [5.74, 6) is 1.06. The van der Waals surface area contributed by atoms with Gasteiger partial charge in [-0.1, -0.05) is 6.07 Å². The predicted octanol–water partition coefficient (Wildman–Crippen LogP) is 1.64. The van der Waals surface area contributed by atoms with Crippen molar-refractivity contribution >= 4 is 21.7 Å². The summed E-state index contributed by atoms with van der Waals surface area (Å²) < 4.78 is 0.903. The van der Waals surface area contributed by atoms with E-state index in [9.17, 15) is 0 Å². The lowest BCUT2D eigenvalue weighted by Crippen LogP contribution is -2.50. The highest BCUT2D eigenvalue weighted by Gasteiger charge is 2.18. The Morgan fingerprint density at radius 3 is 3.14 bits per heavy atom. The van der Waals surface area contributed by atoms with Gasteiger partial charge in [-0.15, -0.1) is 0 Å². The second-order valence-electron chi connectivity index (χ2n) is 3.57. The van der Waals surface area contributed by atoms with Crippen molar-refractivity contribution in [3.8, 4) is 0 Å². The molecule has 1 aliphatic heterocycles. The molecular weight excluding hydrogens is 242 g/mol. The lowest BCUT2D eigenvalue weighted by molar-refractivity contribution is 0.497. The van der Waals surface area contributed by atoms with Gasteiger partial charge in [0.15, 0.2) is 0 Å². The maximum Gasteiger partial charge on any atom is 0.130 e. The van der Waals surface area contributed by atoms with Crippen molar-refractivity contribution in [2.75, 3.05) is 24.5 Å². The monoisotopic (exact) mass is 255 g/mol. The second kappa shape index (κ2) is 4.28. The van der Waals surface area contributed by atoms with Gasteiger partial charge in [0.25, 0.3) is 0 Å². The van der Waals surface area contributed by atoms with Crippen molar-refractivity contribution in [1.29, 1.82) is 0 Å². The number of hydrogen-bond donors (Lipinski definition) is 1. The normalized spacial score (nSPS) is 22.4. The Morgan fingerprint density at radius 1 is 1.57 bits per heavy atom. The fraction of sp³-hybridized carbons (Fsp3) is 0.500. The van der Waals surface area contributed by atoms with E-state index in [4.69, 9.17) is 0 Å². The summed E-state index contributed by atoms with van der Waals surface area (Å²) in [5.41, 5.74) is 0. The van der Waals surface area contributed by atoms with Crippen LogP contribution in [-0.2, 0) is 0 Å². The molecule has 0 radical (unpaired) electrons. The summed E-state index contributed by atoms with van der Waals surface area (Å²) in [4.78, 5) is 6.80. The Labute approximate surface area is 92.6 Å². The van der Waals surface area contributed by atoms with E-state index in [1.54, 1.807) is 0 Å². The molecule has 1 atom stereocenters. The molecule has 1 aromatic heterocycles. The maximum absolute atomic E-state index is 4.46. The van der Waals surface area contributed by atoms with Gasteiger partial charge in [-0.05, 0) is 35.0 Å². The molecule has 4 heteroatoms. The number of hydrogen-bond acceptors (Lipinski definition) is 3. The molecule has 3 nitrogen and oxygen atoms in total. The van der Waals surface area contributed by atoms with E-state index in [0.29, 0.717) is 6.04 Å². The third-order valence-electron chi connectivity index (χ3n) is 2.50. The Balaban J connectivity index is 2.20. The Bertz CT molecular complexity index is 316. The number of halogens is 1. The molecule has 0 saturated carbocycles. The van der Waals surface area contributed by atoms with Gasteiger partial charge in [-0.2, -0.15) is 0 Å². The van der Waals surface area contributed by atoms with Crippen molar-refractivity contribution in [2.24, 2.45) is 0 Å². The zero-order valence-electron chi connectivity index (χ0n) is 8.20. The van der Waals surface area contributed by atoms with Crippen LogP contribution in [0, 0.1) is 0 Å². The summed E-state index contributed by atoms with van der Waals surface area (Å²) in [5, 5.41) is 3.37. The molecule has 0 aromatic carbocycles. The first kappa shape index (κ1) is 9.93. The zero-order valence-corrected chi connectivity index (χ0v) is 9.79. The van der Waals surface area contributed by atoms with Crippen LogP contribution in [0.4, 0.5) is 5.82 Å². The van der Waals surface area contributed by atoms with Crippen molar-refractivity contribution < 1.29 is 0 Å². The predicted molar refractivity (Wildman–Crippen MR) is 61.6 cm³/mol. The lowest BCUT2D eigenvalue weighted by atomic mass is 10.2. The van der Waals surface area contributed by atoms with Crippen molar-refractivity contribution in [3.63, 3.8) is 0 Å². The highest BCUT2D eigenvalue weighted by Crippen LogP contribution is 2.17. The summed E-state index contributed by atoms with van der Waals surface area (Å²) in [7, 11) is 0. The minimum Gasteiger partial charge on any atom is -0.351 e. The average molecular weight is 256 g/mol. The van der Waals surface area contributed by atoms with Crippen molar-refractivity contribution in [3.05, 3.63) is 22.8 Å². The van der Waals surface area contributed by atoms with Crippen LogP contribution in [0.1, 0.15) is 6.92 Å². The van der Waals surface area contributed by atoms with E-state index in [1.807, 2.05) is 12.1 Å². The second-order valence-corrected chi connectivity index (χ2v) is 4.38. The van der Waals surface area contributed by atoms with Gasteiger partial charge < -0.3 is 10.2 Å². The molecule has 1 fully saturated rings. The van der Waals surface area contributed by atoms with Gasteiger partial charge in [0.1, 0.15) is 10.4 Å². The van der Waals surface area contributed by atoms with Crippen molar-refractivity contribution in [1.82, 2.24) is 10.3 Å². The van der Waals surface area contributed by atoms with Crippen LogP contribution in [0.15, 0.2) is 22.8 Å². The average Bonchev–Trinajstić information content (AvgIpc) is 2.18. The first-order chi connectivity index (χ1) is 6.77. The summed E-state index contributed by atoms with van der Waals surface area (Å²) >= 11 is 3.40. The van der Waals surface area contributed by atoms with E-state index < -0.39 is 0 Å². The summed E-state index contributed by atoms with van der Waals surface area (Å²) in [6, 6.07) is 6.56.